The first-order valence-electron chi connectivity index (χ1n) is 7.96. The SMILES string of the molecule is CC1(C)OC(=CC=Nc2ccccc2C#N)C=C(c2ccccc2)O1. The Morgan fingerprint density at radius 3 is 2.48 bits per heavy atom. The molecule has 0 radical (unpaired) electrons. The molecule has 2 aromatic rings. The van der Waals surface area contributed by atoms with Crippen molar-refractivity contribution in [2.75, 3.05) is 0 Å². The van der Waals surface area contributed by atoms with Gasteiger partial charge >= 0.3 is 0 Å². The van der Waals surface area contributed by atoms with Crippen LogP contribution >= 0.6 is 0 Å². The predicted molar refractivity (Wildman–Crippen MR) is 98.1 cm³/mol. The van der Waals surface area contributed by atoms with Crippen molar-refractivity contribution in [2.24, 2.45) is 4.99 Å². The lowest BCUT2D eigenvalue weighted by molar-refractivity contribution is -0.149. The van der Waals surface area contributed by atoms with E-state index in [2.05, 4.69) is 11.1 Å². The van der Waals surface area contributed by atoms with Crippen LogP contribution in [0.5, 0.6) is 0 Å². The molecule has 0 fully saturated rings. The second-order valence-corrected chi connectivity index (χ2v) is 5.95. The molecule has 0 aromatic heterocycles. The van der Waals surface area contributed by atoms with Crippen LogP contribution in [-0.4, -0.2) is 12.0 Å². The minimum absolute atomic E-state index is 0.533. The third-order valence-electron chi connectivity index (χ3n) is 3.53. The predicted octanol–water partition coefficient (Wildman–Crippen LogP) is 4.97. The van der Waals surface area contributed by atoms with E-state index in [1.807, 2.05) is 62.4 Å². The lowest BCUT2D eigenvalue weighted by atomic mass is 10.1. The molecular formula is C21H18N2O2. The van der Waals surface area contributed by atoms with Crippen LogP contribution in [0.1, 0.15) is 25.0 Å². The maximum Gasteiger partial charge on any atom is 0.245 e. The van der Waals surface area contributed by atoms with Crippen LogP contribution in [0.25, 0.3) is 5.76 Å². The number of aliphatic imine (C=N–C) groups is 1. The van der Waals surface area contributed by atoms with Crippen molar-refractivity contribution in [1.82, 2.24) is 0 Å². The summed E-state index contributed by atoms with van der Waals surface area (Å²) in [7, 11) is 0. The van der Waals surface area contributed by atoms with Crippen LogP contribution in [0, 0.1) is 11.3 Å². The van der Waals surface area contributed by atoms with Crippen molar-refractivity contribution in [3.63, 3.8) is 0 Å². The van der Waals surface area contributed by atoms with Crippen LogP contribution in [0.4, 0.5) is 5.69 Å². The van der Waals surface area contributed by atoms with Crippen LogP contribution in [0.2, 0.25) is 0 Å². The van der Waals surface area contributed by atoms with Gasteiger partial charge in [0.1, 0.15) is 17.6 Å². The zero-order valence-electron chi connectivity index (χ0n) is 14.1. The number of ether oxygens (including phenoxy) is 2. The molecule has 1 aliphatic heterocycles. The minimum atomic E-state index is -0.774. The lowest BCUT2D eigenvalue weighted by Crippen LogP contribution is -2.30. The van der Waals surface area contributed by atoms with Crippen molar-refractivity contribution in [3.05, 3.63) is 83.6 Å². The van der Waals surface area contributed by atoms with E-state index in [-0.39, 0.29) is 0 Å². The number of rotatable bonds is 3. The van der Waals surface area contributed by atoms with Crippen LogP contribution in [0.3, 0.4) is 0 Å². The smallest absolute Gasteiger partial charge is 0.245 e. The van der Waals surface area contributed by atoms with Gasteiger partial charge in [-0.05, 0) is 18.2 Å². The second-order valence-electron chi connectivity index (χ2n) is 5.95. The van der Waals surface area contributed by atoms with Gasteiger partial charge in [0.25, 0.3) is 0 Å². The van der Waals surface area contributed by atoms with Gasteiger partial charge in [-0.25, -0.2) is 0 Å². The maximum absolute atomic E-state index is 9.11. The Bertz CT molecular complexity index is 888. The molecule has 1 heterocycles. The Morgan fingerprint density at radius 1 is 1.00 bits per heavy atom. The summed E-state index contributed by atoms with van der Waals surface area (Å²) in [5, 5.41) is 9.11. The van der Waals surface area contributed by atoms with Crippen molar-refractivity contribution < 1.29 is 9.47 Å². The topological polar surface area (TPSA) is 54.6 Å². The zero-order chi connectivity index (χ0) is 17.7. The number of nitrogens with zero attached hydrogens (tertiary/aromatic N) is 2. The van der Waals surface area contributed by atoms with Gasteiger partial charge in [0.15, 0.2) is 0 Å². The van der Waals surface area contributed by atoms with Crippen molar-refractivity contribution in [1.29, 1.82) is 5.26 Å². The Labute approximate surface area is 147 Å². The number of para-hydroxylation sites is 1. The van der Waals surface area contributed by atoms with Crippen LogP contribution in [-0.2, 0) is 9.47 Å². The fourth-order valence-corrected chi connectivity index (χ4v) is 2.46. The van der Waals surface area contributed by atoms with Crippen molar-refractivity contribution >= 4 is 17.7 Å². The quantitative estimate of drug-likeness (QED) is 0.747. The van der Waals surface area contributed by atoms with Gasteiger partial charge in [0.2, 0.25) is 5.79 Å². The Balaban J connectivity index is 1.88. The fraction of sp³-hybridized carbons (Fsp3) is 0.143. The molecular weight excluding hydrogens is 312 g/mol. The fourth-order valence-electron chi connectivity index (χ4n) is 2.46. The number of hydrogen-bond acceptors (Lipinski definition) is 4. The van der Waals surface area contributed by atoms with Crippen molar-refractivity contribution in [2.45, 2.75) is 19.6 Å². The molecule has 4 heteroatoms. The first-order chi connectivity index (χ1) is 12.1. The standard InChI is InChI=1S/C21H18N2O2/c1-21(2)24-18(14-20(25-21)16-8-4-3-5-9-16)12-13-23-19-11-7-6-10-17(19)15-22/h3-14H,1-2H3. The summed E-state index contributed by atoms with van der Waals surface area (Å²) < 4.78 is 11.7. The molecule has 0 spiro atoms. The highest BCUT2D eigenvalue weighted by Gasteiger charge is 2.28. The van der Waals surface area contributed by atoms with E-state index < -0.39 is 5.79 Å². The molecule has 0 unspecified atom stereocenters. The monoisotopic (exact) mass is 330 g/mol. The first kappa shape index (κ1) is 16.5. The summed E-state index contributed by atoms with van der Waals surface area (Å²) in [6, 6.07) is 19.2. The molecule has 124 valence electrons. The van der Waals surface area contributed by atoms with Gasteiger partial charge in [-0.2, -0.15) is 5.26 Å². The Morgan fingerprint density at radius 2 is 1.72 bits per heavy atom. The largest absolute Gasteiger partial charge is 0.453 e. The van der Waals surface area contributed by atoms with E-state index in [0.29, 0.717) is 17.0 Å². The molecule has 4 nitrogen and oxygen atoms in total. The van der Waals surface area contributed by atoms with E-state index in [1.165, 1.54) is 0 Å². The third-order valence-corrected chi connectivity index (χ3v) is 3.53. The van der Waals surface area contributed by atoms with Gasteiger partial charge in [-0.15, -0.1) is 0 Å². The normalized spacial score (nSPS) is 17.5. The highest BCUT2D eigenvalue weighted by Crippen LogP contribution is 2.32. The number of nitriles is 1. The summed E-state index contributed by atoms with van der Waals surface area (Å²) in [5.74, 6) is 0.617. The van der Waals surface area contributed by atoms with Gasteiger partial charge < -0.3 is 9.47 Å². The lowest BCUT2D eigenvalue weighted by Gasteiger charge is -2.33. The summed E-state index contributed by atoms with van der Waals surface area (Å²) in [5.41, 5.74) is 2.14. The zero-order valence-corrected chi connectivity index (χ0v) is 14.1. The first-order valence-corrected chi connectivity index (χ1v) is 7.96. The van der Waals surface area contributed by atoms with E-state index >= 15 is 0 Å². The molecule has 2 aromatic carbocycles. The molecule has 0 bridgehead atoms. The van der Waals surface area contributed by atoms with E-state index in [4.69, 9.17) is 14.7 Å². The van der Waals surface area contributed by atoms with Gasteiger partial charge in [-0.3, -0.25) is 4.99 Å². The highest BCUT2D eigenvalue weighted by molar-refractivity contribution is 5.78. The van der Waals surface area contributed by atoms with Gasteiger partial charge in [0.05, 0.1) is 11.3 Å². The average molecular weight is 330 g/mol. The molecule has 0 N–H and O–H groups in total. The number of allylic oxidation sites excluding steroid dienone is 2. The summed E-state index contributed by atoms with van der Waals surface area (Å²) >= 11 is 0. The number of hydrogen-bond donors (Lipinski definition) is 0. The summed E-state index contributed by atoms with van der Waals surface area (Å²) in [6.07, 6.45) is 5.23. The van der Waals surface area contributed by atoms with Crippen LogP contribution < -0.4 is 0 Å². The molecule has 0 aliphatic carbocycles. The molecule has 0 amide bonds. The maximum atomic E-state index is 9.11. The molecule has 3 rings (SSSR count). The van der Waals surface area contributed by atoms with Gasteiger partial charge in [0, 0.05) is 31.7 Å². The van der Waals surface area contributed by atoms with E-state index in [1.54, 1.807) is 24.4 Å². The minimum Gasteiger partial charge on any atom is -0.453 e. The molecule has 25 heavy (non-hydrogen) atoms. The highest BCUT2D eigenvalue weighted by atomic mass is 16.7. The Kier molecular flexibility index (Phi) is 4.67. The third kappa shape index (κ3) is 4.15. The summed E-state index contributed by atoms with van der Waals surface area (Å²) in [4.78, 5) is 4.34. The van der Waals surface area contributed by atoms with E-state index in [0.717, 1.165) is 11.3 Å². The average Bonchev–Trinajstić information content (AvgIpc) is 2.61. The summed E-state index contributed by atoms with van der Waals surface area (Å²) in [6.45, 7) is 3.72. The van der Waals surface area contributed by atoms with Crippen LogP contribution in [0.15, 0.2) is 77.5 Å². The molecule has 0 saturated heterocycles. The number of benzene rings is 2. The molecule has 0 atom stereocenters. The van der Waals surface area contributed by atoms with E-state index in [9.17, 15) is 0 Å². The molecule has 0 saturated carbocycles. The molecule has 1 aliphatic rings. The van der Waals surface area contributed by atoms with Gasteiger partial charge in [-0.1, -0.05) is 42.5 Å². The van der Waals surface area contributed by atoms with Crippen molar-refractivity contribution in [3.8, 4) is 6.07 Å². The second kappa shape index (κ2) is 7.06. The Hall–Kier alpha value is -3.32.